The van der Waals surface area contributed by atoms with Gasteiger partial charge in [-0.25, -0.2) is 0 Å². The molecule has 0 amide bonds. The number of rotatable bonds is 4. The summed E-state index contributed by atoms with van der Waals surface area (Å²) in [6.45, 7) is 8.04. The minimum atomic E-state index is 0.115. The molecule has 0 aromatic rings. The third-order valence-electron chi connectivity index (χ3n) is 7.24. The van der Waals surface area contributed by atoms with E-state index >= 15 is 0 Å². The molecule has 0 N–H and O–H groups in total. The molecule has 0 aromatic heterocycles. The lowest BCUT2D eigenvalue weighted by molar-refractivity contribution is -0.109. The molecule has 1 rings (SSSR count). The Kier molecular flexibility index (Phi) is 18.7. The fraction of sp³-hybridized carbons (Fsp3) is 0.966. The summed E-state index contributed by atoms with van der Waals surface area (Å²) in [5, 5.41) is 0. The molecule has 0 bridgehead atoms. The second-order valence-electron chi connectivity index (χ2n) is 11.2. The molecule has 2 heteroatoms. The quantitative estimate of drug-likeness (QED) is 0.410. The summed E-state index contributed by atoms with van der Waals surface area (Å²) in [7, 11) is 0. The van der Waals surface area contributed by atoms with Crippen molar-refractivity contribution < 1.29 is 4.79 Å². The van der Waals surface area contributed by atoms with Crippen molar-refractivity contribution >= 4 is 6.29 Å². The average Bonchev–Trinajstić information content (AvgIpc) is 2.73. The zero-order valence-corrected chi connectivity index (χ0v) is 21.6. The normalized spacial score (nSPS) is 22.4. The first-order valence-electron chi connectivity index (χ1n) is 14.3. The van der Waals surface area contributed by atoms with Gasteiger partial charge in [0.25, 0.3) is 0 Å². The van der Waals surface area contributed by atoms with Crippen LogP contribution in [0.4, 0.5) is 0 Å². The number of carbonyl (C=O) groups is 1. The molecule has 0 atom stereocenters. The second-order valence-corrected chi connectivity index (χ2v) is 11.2. The Hall–Kier alpha value is -0.370. The second kappa shape index (κ2) is 20.3. The monoisotopic (exact) mass is 435 g/mol. The van der Waals surface area contributed by atoms with Gasteiger partial charge in [0.1, 0.15) is 6.29 Å². The van der Waals surface area contributed by atoms with E-state index in [1.807, 2.05) is 0 Å². The Labute approximate surface area is 196 Å². The number of nitrogens with zero attached hydrogens (tertiary/aromatic N) is 1. The highest BCUT2D eigenvalue weighted by Crippen LogP contribution is 2.22. The molecule has 1 saturated heterocycles. The molecule has 0 radical (unpaired) electrons. The Bertz CT molecular complexity index is 368. The fourth-order valence-electron chi connectivity index (χ4n) is 5.19. The van der Waals surface area contributed by atoms with Crippen LogP contribution in [0.2, 0.25) is 0 Å². The summed E-state index contributed by atoms with van der Waals surface area (Å²) in [6.07, 6.45) is 31.9. The fourth-order valence-corrected chi connectivity index (χ4v) is 5.19. The van der Waals surface area contributed by atoms with Crippen LogP contribution < -0.4 is 0 Å². The molecule has 0 aliphatic carbocycles. The summed E-state index contributed by atoms with van der Waals surface area (Å²) >= 11 is 0. The van der Waals surface area contributed by atoms with Crippen molar-refractivity contribution in [1.29, 1.82) is 0 Å². The maximum absolute atomic E-state index is 11.1. The molecule has 0 saturated carbocycles. The van der Waals surface area contributed by atoms with E-state index in [2.05, 4.69) is 18.7 Å². The van der Waals surface area contributed by atoms with Crippen LogP contribution in [0.1, 0.15) is 155 Å². The van der Waals surface area contributed by atoms with Gasteiger partial charge >= 0.3 is 0 Å². The highest BCUT2D eigenvalue weighted by Gasteiger charge is 2.21. The van der Waals surface area contributed by atoms with Gasteiger partial charge in [0.05, 0.1) is 0 Å². The smallest absolute Gasteiger partial charge is 0.120 e. The third-order valence-corrected chi connectivity index (χ3v) is 7.24. The average molecular weight is 436 g/mol. The Morgan fingerprint density at radius 1 is 0.516 bits per heavy atom. The van der Waals surface area contributed by atoms with Gasteiger partial charge in [-0.2, -0.15) is 0 Å². The van der Waals surface area contributed by atoms with Gasteiger partial charge in [-0.1, -0.05) is 136 Å². The lowest BCUT2D eigenvalue weighted by Gasteiger charge is -2.31. The molecule has 31 heavy (non-hydrogen) atoms. The molecule has 184 valence electrons. The minimum absolute atomic E-state index is 0.115. The lowest BCUT2D eigenvalue weighted by Crippen LogP contribution is -2.36. The largest absolute Gasteiger partial charge is 0.303 e. The first-order chi connectivity index (χ1) is 15.1. The lowest BCUT2D eigenvalue weighted by atomic mass is 9.89. The van der Waals surface area contributed by atoms with E-state index in [0.717, 1.165) is 12.8 Å². The highest BCUT2D eigenvalue weighted by molar-refractivity contribution is 5.50. The van der Waals surface area contributed by atoms with Crippen LogP contribution in [0, 0.1) is 5.41 Å². The first kappa shape index (κ1) is 28.7. The Morgan fingerprint density at radius 2 is 0.774 bits per heavy atom. The van der Waals surface area contributed by atoms with Gasteiger partial charge in [-0.3, -0.25) is 0 Å². The summed E-state index contributed by atoms with van der Waals surface area (Å²) in [6, 6.07) is 0. The standard InChI is InChI=1S/C29H57NO/c1-29(2,24-27-31)28-30-25-22-20-18-16-14-12-10-8-6-4-3-5-7-9-11-13-15-17-19-21-23-26-30/h27H,3-26,28H2,1-2H3. The molecule has 1 heterocycles. The maximum atomic E-state index is 11.1. The van der Waals surface area contributed by atoms with Crippen LogP contribution in [0.5, 0.6) is 0 Å². The van der Waals surface area contributed by atoms with E-state index in [9.17, 15) is 4.79 Å². The first-order valence-corrected chi connectivity index (χ1v) is 14.3. The van der Waals surface area contributed by atoms with Gasteiger partial charge in [0, 0.05) is 13.0 Å². The van der Waals surface area contributed by atoms with Crippen LogP contribution in [-0.2, 0) is 4.79 Å². The predicted octanol–water partition coefficient (Wildman–Crippen LogP) is 9.11. The van der Waals surface area contributed by atoms with Crippen molar-refractivity contribution in [3.63, 3.8) is 0 Å². The van der Waals surface area contributed by atoms with Gasteiger partial charge < -0.3 is 9.69 Å². The highest BCUT2D eigenvalue weighted by atomic mass is 16.1. The molecular weight excluding hydrogens is 378 g/mol. The summed E-state index contributed by atoms with van der Waals surface area (Å²) < 4.78 is 0. The molecule has 0 spiro atoms. The van der Waals surface area contributed by atoms with Gasteiger partial charge in [0.15, 0.2) is 0 Å². The van der Waals surface area contributed by atoms with Crippen molar-refractivity contribution in [3.05, 3.63) is 0 Å². The summed E-state index contributed by atoms with van der Waals surface area (Å²) in [4.78, 5) is 13.7. The van der Waals surface area contributed by atoms with E-state index in [-0.39, 0.29) is 5.41 Å². The minimum Gasteiger partial charge on any atom is -0.303 e. The summed E-state index contributed by atoms with van der Waals surface area (Å²) in [5.74, 6) is 0. The predicted molar refractivity (Wildman–Crippen MR) is 138 cm³/mol. The Balaban J connectivity index is 2.34. The van der Waals surface area contributed by atoms with Crippen molar-refractivity contribution in [3.8, 4) is 0 Å². The van der Waals surface area contributed by atoms with Crippen LogP contribution in [-0.4, -0.2) is 30.8 Å². The molecule has 1 aliphatic heterocycles. The zero-order chi connectivity index (χ0) is 22.5. The zero-order valence-electron chi connectivity index (χ0n) is 21.6. The van der Waals surface area contributed by atoms with Gasteiger partial charge in [-0.05, 0) is 31.3 Å². The van der Waals surface area contributed by atoms with E-state index in [0.29, 0.717) is 6.42 Å². The number of hydrogen-bond acceptors (Lipinski definition) is 2. The molecule has 0 unspecified atom stereocenters. The number of aldehydes is 1. The van der Waals surface area contributed by atoms with E-state index in [4.69, 9.17) is 0 Å². The molecular formula is C29H57NO. The molecule has 1 aliphatic rings. The van der Waals surface area contributed by atoms with Crippen molar-refractivity contribution in [2.45, 2.75) is 155 Å². The third kappa shape index (κ3) is 18.9. The molecule has 2 nitrogen and oxygen atoms in total. The number of hydrogen-bond donors (Lipinski definition) is 0. The van der Waals surface area contributed by atoms with Crippen LogP contribution in [0.15, 0.2) is 0 Å². The van der Waals surface area contributed by atoms with Gasteiger partial charge in [0.2, 0.25) is 0 Å². The van der Waals surface area contributed by atoms with Crippen molar-refractivity contribution in [1.82, 2.24) is 4.90 Å². The van der Waals surface area contributed by atoms with Crippen molar-refractivity contribution in [2.75, 3.05) is 19.6 Å². The van der Waals surface area contributed by atoms with Crippen molar-refractivity contribution in [2.24, 2.45) is 5.41 Å². The SMILES string of the molecule is CC(C)(CC=O)CN1CCCCCCCCCCCCCCCCCCCCCCC1. The van der Waals surface area contributed by atoms with Crippen LogP contribution in [0.3, 0.4) is 0 Å². The molecule has 1 fully saturated rings. The van der Waals surface area contributed by atoms with E-state index < -0.39 is 0 Å². The van der Waals surface area contributed by atoms with Crippen LogP contribution in [0.25, 0.3) is 0 Å². The summed E-state index contributed by atoms with van der Waals surface area (Å²) in [5.41, 5.74) is 0.115. The maximum Gasteiger partial charge on any atom is 0.120 e. The topological polar surface area (TPSA) is 20.3 Å². The molecule has 0 aromatic carbocycles. The van der Waals surface area contributed by atoms with Gasteiger partial charge in [-0.15, -0.1) is 0 Å². The number of carbonyl (C=O) groups excluding carboxylic acids is 1. The van der Waals surface area contributed by atoms with E-state index in [1.165, 1.54) is 148 Å². The Morgan fingerprint density at radius 3 is 1.03 bits per heavy atom. The van der Waals surface area contributed by atoms with E-state index in [1.54, 1.807) is 0 Å². The van der Waals surface area contributed by atoms with Crippen LogP contribution >= 0.6 is 0 Å².